The number of pyridine rings is 1. The Balaban J connectivity index is 1.73. The first-order valence-electron chi connectivity index (χ1n) is 9.06. The molecule has 0 bridgehead atoms. The Morgan fingerprint density at radius 1 is 1.11 bits per heavy atom. The fourth-order valence-corrected chi connectivity index (χ4v) is 3.53. The molecule has 1 saturated heterocycles. The van der Waals surface area contributed by atoms with Gasteiger partial charge >= 0.3 is 0 Å². The molecule has 0 atom stereocenters. The van der Waals surface area contributed by atoms with E-state index in [-0.39, 0.29) is 29.5 Å². The van der Waals surface area contributed by atoms with Crippen LogP contribution in [0.25, 0.3) is 0 Å². The highest BCUT2D eigenvalue weighted by molar-refractivity contribution is 5.98. The third-order valence-electron chi connectivity index (χ3n) is 4.85. The average Bonchev–Trinajstić information content (AvgIpc) is 2.62. The van der Waals surface area contributed by atoms with Gasteiger partial charge in [-0.15, -0.1) is 0 Å². The maximum Gasteiger partial charge on any atom is 0.266 e. The second-order valence-corrected chi connectivity index (χ2v) is 7.20. The minimum Gasteiger partial charge on any atom is -0.335 e. The van der Waals surface area contributed by atoms with E-state index in [1.807, 2.05) is 13.8 Å². The van der Waals surface area contributed by atoms with Gasteiger partial charge in [0.05, 0.1) is 5.56 Å². The van der Waals surface area contributed by atoms with Crippen molar-refractivity contribution in [1.82, 2.24) is 14.8 Å². The monoisotopic (exact) mass is 378 g/mol. The number of carbonyl (C=O) groups is 2. The molecule has 28 heavy (non-hydrogen) atoms. The lowest BCUT2D eigenvalue weighted by atomic mass is 10.1. The summed E-state index contributed by atoms with van der Waals surface area (Å²) in [6.45, 7) is 6.98. The number of nitrogens with zero attached hydrogens (tertiary/aromatic N) is 3. The van der Waals surface area contributed by atoms with Gasteiger partial charge in [-0.3, -0.25) is 14.4 Å². The maximum atomic E-state index is 12.8. The Kier molecular flexibility index (Phi) is 5.32. The van der Waals surface area contributed by atoms with Crippen LogP contribution in [0.2, 0.25) is 0 Å². The van der Waals surface area contributed by atoms with E-state index in [2.05, 4.69) is 23.2 Å². The number of nitriles is 1. The smallest absolute Gasteiger partial charge is 0.266 e. The standard InChI is InChI=1S/C21H22N4O3/c1-13-6-14(2)8-16(7-13)11-24-4-5-25(12-19(24)26)21(28)18-9-17(10-22)20(27)23-15(18)3/h6-9H,4-5,11-12H2,1-3H3,(H,23,27). The molecule has 144 valence electrons. The molecule has 7 nitrogen and oxygen atoms in total. The zero-order valence-corrected chi connectivity index (χ0v) is 16.2. The number of benzene rings is 1. The number of carbonyl (C=O) groups excluding carboxylic acids is 2. The van der Waals surface area contributed by atoms with E-state index in [4.69, 9.17) is 5.26 Å². The summed E-state index contributed by atoms with van der Waals surface area (Å²) in [5, 5.41) is 9.03. The van der Waals surface area contributed by atoms with Crippen LogP contribution in [0.1, 0.15) is 38.3 Å². The zero-order valence-electron chi connectivity index (χ0n) is 16.2. The Bertz CT molecular complexity index is 1030. The largest absolute Gasteiger partial charge is 0.335 e. The number of aromatic amines is 1. The highest BCUT2D eigenvalue weighted by Gasteiger charge is 2.29. The Morgan fingerprint density at radius 3 is 2.39 bits per heavy atom. The summed E-state index contributed by atoms with van der Waals surface area (Å²) in [6, 6.07) is 9.29. The quantitative estimate of drug-likeness (QED) is 0.878. The molecule has 0 unspecified atom stereocenters. The van der Waals surface area contributed by atoms with E-state index < -0.39 is 5.56 Å². The van der Waals surface area contributed by atoms with Crippen LogP contribution in [0, 0.1) is 32.1 Å². The summed E-state index contributed by atoms with van der Waals surface area (Å²) in [7, 11) is 0. The van der Waals surface area contributed by atoms with Crippen LogP contribution in [-0.4, -0.2) is 46.2 Å². The molecule has 0 saturated carbocycles. The van der Waals surface area contributed by atoms with Crippen molar-refractivity contribution in [2.75, 3.05) is 19.6 Å². The van der Waals surface area contributed by atoms with Crippen LogP contribution >= 0.6 is 0 Å². The zero-order chi connectivity index (χ0) is 20.4. The fourth-order valence-electron chi connectivity index (χ4n) is 3.53. The van der Waals surface area contributed by atoms with Gasteiger partial charge in [-0.05, 0) is 32.4 Å². The molecule has 1 N–H and O–H groups in total. The van der Waals surface area contributed by atoms with Crippen molar-refractivity contribution < 1.29 is 9.59 Å². The second-order valence-electron chi connectivity index (χ2n) is 7.20. The molecule has 1 aliphatic rings. The molecule has 1 aromatic carbocycles. The van der Waals surface area contributed by atoms with Crippen molar-refractivity contribution in [1.29, 1.82) is 5.26 Å². The van der Waals surface area contributed by atoms with Crippen molar-refractivity contribution in [2.24, 2.45) is 0 Å². The molecule has 0 spiro atoms. The lowest BCUT2D eigenvalue weighted by molar-refractivity contribution is -0.135. The van der Waals surface area contributed by atoms with E-state index in [0.717, 1.165) is 16.7 Å². The number of hydrogen-bond donors (Lipinski definition) is 1. The maximum absolute atomic E-state index is 12.8. The minimum atomic E-state index is -0.522. The van der Waals surface area contributed by atoms with Crippen molar-refractivity contribution in [2.45, 2.75) is 27.3 Å². The molecule has 1 aliphatic heterocycles. The third-order valence-corrected chi connectivity index (χ3v) is 4.85. The van der Waals surface area contributed by atoms with Gasteiger partial charge < -0.3 is 14.8 Å². The highest BCUT2D eigenvalue weighted by atomic mass is 16.2. The summed E-state index contributed by atoms with van der Waals surface area (Å²) in [5.74, 6) is -0.481. The van der Waals surface area contributed by atoms with Gasteiger partial charge in [-0.1, -0.05) is 29.3 Å². The number of amides is 2. The molecule has 2 heterocycles. The number of aryl methyl sites for hydroxylation is 3. The normalized spacial score (nSPS) is 14.1. The van der Waals surface area contributed by atoms with Crippen molar-refractivity contribution in [3.8, 4) is 6.07 Å². The van der Waals surface area contributed by atoms with E-state index in [1.165, 1.54) is 11.0 Å². The summed E-state index contributed by atoms with van der Waals surface area (Å²) in [6.07, 6.45) is 0. The molecule has 0 aliphatic carbocycles. The van der Waals surface area contributed by atoms with Crippen molar-refractivity contribution in [3.05, 3.63) is 68.1 Å². The van der Waals surface area contributed by atoms with Gasteiger partial charge in [-0.25, -0.2) is 0 Å². The van der Waals surface area contributed by atoms with Crippen molar-refractivity contribution in [3.63, 3.8) is 0 Å². The third kappa shape index (κ3) is 3.96. The van der Waals surface area contributed by atoms with Crippen LogP contribution < -0.4 is 5.56 Å². The summed E-state index contributed by atoms with van der Waals surface area (Å²) in [5.41, 5.74) is 3.36. The molecule has 1 aromatic heterocycles. The molecular weight excluding hydrogens is 356 g/mol. The van der Waals surface area contributed by atoms with E-state index in [1.54, 1.807) is 17.9 Å². The first-order chi connectivity index (χ1) is 13.3. The van der Waals surface area contributed by atoms with Gasteiger partial charge in [0, 0.05) is 25.3 Å². The molecule has 3 rings (SSSR count). The molecule has 2 aromatic rings. The van der Waals surface area contributed by atoms with Gasteiger partial charge in [0.1, 0.15) is 18.2 Å². The Labute approximate surface area is 163 Å². The van der Waals surface area contributed by atoms with Crippen LogP contribution in [0.3, 0.4) is 0 Å². The summed E-state index contributed by atoms with van der Waals surface area (Å²) in [4.78, 5) is 42.8. The number of rotatable bonds is 3. The van der Waals surface area contributed by atoms with Gasteiger partial charge in [0.25, 0.3) is 11.5 Å². The number of nitrogens with one attached hydrogen (secondary N) is 1. The number of aromatic nitrogens is 1. The number of piperazine rings is 1. The molecule has 1 fully saturated rings. The molecular formula is C21H22N4O3. The second kappa shape index (κ2) is 7.69. The van der Waals surface area contributed by atoms with Crippen LogP contribution in [0.4, 0.5) is 0 Å². The first kappa shape index (κ1) is 19.4. The van der Waals surface area contributed by atoms with Crippen LogP contribution in [-0.2, 0) is 11.3 Å². The van der Waals surface area contributed by atoms with Crippen molar-refractivity contribution >= 4 is 11.8 Å². The lowest BCUT2D eigenvalue weighted by Gasteiger charge is -2.34. The SMILES string of the molecule is Cc1cc(C)cc(CN2CCN(C(=O)c3cc(C#N)c(=O)[nH]c3C)CC2=O)c1. The van der Waals surface area contributed by atoms with Gasteiger partial charge in [0.15, 0.2) is 0 Å². The van der Waals surface area contributed by atoms with E-state index in [0.29, 0.717) is 25.3 Å². The average molecular weight is 378 g/mol. The summed E-state index contributed by atoms with van der Waals surface area (Å²) < 4.78 is 0. The predicted molar refractivity (Wildman–Crippen MR) is 104 cm³/mol. The van der Waals surface area contributed by atoms with Gasteiger partial charge in [-0.2, -0.15) is 5.26 Å². The van der Waals surface area contributed by atoms with Crippen LogP contribution in [0.5, 0.6) is 0 Å². The predicted octanol–water partition coefficient (Wildman–Crippen LogP) is 1.66. The Hall–Kier alpha value is -3.40. The summed E-state index contributed by atoms with van der Waals surface area (Å²) >= 11 is 0. The van der Waals surface area contributed by atoms with E-state index >= 15 is 0 Å². The van der Waals surface area contributed by atoms with Gasteiger partial charge in [0.2, 0.25) is 5.91 Å². The number of H-pyrrole nitrogens is 1. The lowest BCUT2D eigenvalue weighted by Crippen LogP contribution is -2.52. The first-order valence-corrected chi connectivity index (χ1v) is 9.06. The topological polar surface area (TPSA) is 97.3 Å². The molecule has 2 amide bonds. The molecule has 0 radical (unpaired) electrons. The van der Waals surface area contributed by atoms with E-state index in [9.17, 15) is 14.4 Å². The van der Waals surface area contributed by atoms with Crippen LogP contribution in [0.15, 0.2) is 29.1 Å². The number of hydrogen-bond acceptors (Lipinski definition) is 4. The highest BCUT2D eigenvalue weighted by Crippen LogP contribution is 2.16. The fraction of sp³-hybridized carbons (Fsp3) is 0.333. The molecule has 7 heteroatoms. The Morgan fingerprint density at radius 2 is 1.79 bits per heavy atom. The minimum absolute atomic E-state index is 0.0237.